The van der Waals surface area contributed by atoms with E-state index in [4.69, 9.17) is 0 Å². The van der Waals surface area contributed by atoms with Crippen molar-refractivity contribution in [3.8, 4) is 0 Å². The Labute approximate surface area is 259 Å². The van der Waals surface area contributed by atoms with Gasteiger partial charge in [0.1, 0.15) is 17.4 Å². The topological polar surface area (TPSA) is 111 Å². The van der Waals surface area contributed by atoms with E-state index in [1.54, 1.807) is 38.1 Å². The van der Waals surface area contributed by atoms with Crippen molar-refractivity contribution in [2.45, 2.75) is 41.0 Å². The first-order valence-electron chi connectivity index (χ1n) is 13.7. The minimum atomic E-state index is -1.07. The summed E-state index contributed by atoms with van der Waals surface area (Å²) >= 11 is 0. The van der Waals surface area contributed by atoms with Crippen molar-refractivity contribution in [3.05, 3.63) is 138 Å². The second-order valence-corrected chi connectivity index (χ2v) is 9.28. The van der Waals surface area contributed by atoms with Crippen LogP contribution in [0.15, 0.2) is 132 Å². The van der Waals surface area contributed by atoms with Gasteiger partial charge in [-0.3, -0.25) is 10.2 Å². The molecule has 0 heterocycles. The van der Waals surface area contributed by atoms with Gasteiger partial charge < -0.3 is 15.5 Å². The van der Waals surface area contributed by atoms with Gasteiger partial charge in [0.2, 0.25) is 6.41 Å². The highest BCUT2D eigenvalue weighted by atomic mass is 19.1. The van der Waals surface area contributed by atoms with Crippen LogP contribution in [0.4, 0.5) is 8.78 Å². The van der Waals surface area contributed by atoms with Gasteiger partial charge in [0, 0.05) is 23.3 Å². The summed E-state index contributed by atoms with van der Waals surface area (Å²) in [5.41, 5.74) is 7.27. The first kappa shape index (κ1) is 39.0. The molecule has 0 saturated carbocycles. The van der Waals surface area contributed by atoms with Gasteiger partial charge in [-0.25, -0.2) is 13.6 Å². The van der Waals surface area contributed by atoms with E-state index in [9.17, 15) is 28.6 Å². The Balaban J connectivity index is 0.00000144. The molecule has 0 bridgehead atoms. The van der Waals surface area contributed by atoms with E-state index >= 15 is 0 Å². The van der Waals surface area contributed by atoms with Crippen LogP contribution in [-0.4, -0.2) is 34.8 Å². The number of aromatic carboxylic acids is 1. The molecule has 0 spiro atoms. The number of hydrogen-bond donors (Lipinski definition) is 4. The number of carbonyl (C=O) groups is 2. The van der Waals surface area contributed by atoms with Crippen LogP contribution in [0.2, 0.25) is 0 Å². The van der Waals surface area contributed by atoms with Crippen molar-refractivity contribution < 1.29 is 28.6 Å². The number of halogens is 2. The van der Waals surface area contributed by atoms with E-state index in [2.05, 4.69) is 55.5 Å². The molecule has 0 radical (unpaired) electrons. The summed E-state index contributed by atoms with van der Waals surface area (Å²) in [4.78, 5) is 21.4. The highest BCUT2D eigenvalue weighted by Crippen LogP contribution is 2.28. The number of nitrogens with one attached hydrogen (secondary N) is 2. The molecule has 1 aromatic carbocycles. The third-order valence-electron chi connectivity index (χ3n) is 6.21. The second-order valence-electron chi connectivity index (χ2n) is 9.28. The van der Waals surface area contributed by atoms with Crippen molar-refractivity contribution in [1.82, 2.24) is 10.7 Å². The number of carboxylic acids is 1. The fraction of sp³-hybridized carbons (Fsp3) is 0.229. The Kier molecular flexibility index (Phi) is 19.1. The summed E-state index contributed by atoms with van der Waals surface area (Å²) in [7, 11) is 0. The van der Waals surface area contributed by atoms with Crippen LogP contribution in [-0.2, 0) is 4.79 Å². The number of carbonyl (C=O) groups excluding carboxylic acids is 1. The summed E-state index contributed by atoms with van der Waals surface area (Å²) in [6.45, 7) is 18.7. The van der Waals surface area contributed by atoms with Crippen molar-refractivity contribution in [2.24, 2.45) is 11.0 Å². The van der Waals surface area contributed by atoms with Crippen molar-refractivity contribution in [2.75, 3.05) is 6.54 Å². The molecule has 4 N–H and O–H groups in total. The Morgan fingerprint density at radius 3 is 2.45 bits per heavy atom. The lowest BCUT2D eigenvalue weighted by Crippen LogP contribution is -2.15. The molecule has 1 atom stereocenters. The van der Waals surface area contributed by atoms with E-state index in [1.165, 1.54) is 29.4 Å². The van der Waals surface area contributed by atoms with Crippen LogP contribution in [0.25, 0.3) is 5.57 Å². The Hall–Kier alpha value is -5.05. The van der Waals surface area contributed by atoms with Crippen LogP contribution < -0.4 is 10.7 Å². The number of hydrogen-bond acceptors (Lipinski definition) is 5. The van der Waals surface area contributed by atoms with Gasteiger partial charge in [-0.05, 0) is 69.5 Å². The lowest BCUT2D eigenvalue weighted by atomic mass is 9.99. The molecular weight excluding hydrogens is 564 g/mol. The molecule has 0 aliphatic heterocycles. The number of aliphatic hydroxyl groups excluding tert-OH is 1. The SMILES string of the molecule is C/C(=N\NC1=CC=CCC(c2cccc(C(=O)O)c2)=C1O)C(C)/C=C(F)\C=C(\F)CNC=O.C=C.C=C/C=C(C)\C(C)=C/C. The molecule has 236 valence electrons. The number of nitrogens with zero attached hydrogens (tertiary/aromatic N) is 1. The Morgan fingerprint density at radius 2 is 1.86 bits per heavy atom. The maximum Gasteiger partial charge on any atom is 0.335 e. The largest absolute Gasteiger partial charge is 0.505 e. The van der Waals surface area contributed by atoms with Crippen molar-refractivity contribution in [3.63, 3.8) is 0 Å². The van der Waals surface area contributed by atoms with E-state index in [0.29, 0.717) is 35.8 Å². The van der Waals surface area contributed by atoms with Crippen LogP contribution >= 0.6 is 0 Å². The lowest BCUT2D eigenvalue weighted by Gasteiger charge is -2.13. The maximum atomic E-state index is 14.0. The summed E-state index contributed by atoms with van der Waals surface area (Å²) in [5, 5.41) is 26.3. The number of hydrazone groups is 1. The average Bonchev–Trinajstić information content (AvgIpc) is 3.20. The number of aliphatic hydroxyl groups is 1. The highest BCUT2D eigenvalue weighted by molar-refractivity contribution is 5.89. The van der Waals surface area contributed by atoms with Gasteiger partial charge in [0.15, 0.2) is 0 Å². The molecular formula is C35H43F2N3O4. The third kappa shape index (κ3) is 14.2. The van der Waals surface area contributed by atoms with Gasteiger partial charge in [0.25, 0.3) is 0 Å². The molecule has 7 nitrogen and oxygen atoms in total. The quantitative estimate of drug-likeness (QED) is 0.0627. The summed E-state index contributed by atoms with van der Waals surface area (Å²) < 4.78 is 27.4. The van der Waals surface area contributed by atoms with E-state index in [0.717, 1.165) is 0 Å². The molecule has 0 saturated heterocycles. The average molecular weight is 608 g/mol. The van der Waals surface area contributed by atoms with Crippen LogP contribution in [0.5, 0.6) is 0 Å². The summed E-state index contributed by atoms with van der Waals surface area (Å²) in [5.74, 6) is -3.32. The zero-order valence-electron chi connectivity index (χ0n) is 26.0. The first-order valence-corrected chi connectivity index (χ1v) is 13.7. The lowest BCUT2D eigenvalue weighted by molar-refractivity contribution is -0.109. The number of rotatable bonds is 12. The first-order chi connectivity index (χ1) is 20.9. The maximum absolute atomic E-state index is 14.0. The predicted octanol–water partition coefficient (Wildman–Crippen LogP) is 8.44. The predicted molar refractivity (Wildman–Crippen MR) is 177 cm³/mol. The van der Waals surface area contributed by atoms with E-state index in [-0.39, 0.29) is 17.0 Å². The van der Waals surface area contributed by atoms with Crippen molar-refractivity contribution >= 4 is 23.7 Å². The van der Waals surface area contributed by atoms with Crippen LogP contribution in [0.3, 0.4) is 0 Å². The van der Waals surface area contributed by atoms with Gasteiger partial charge >= 0.3 is 5.97 Å². The molecule has 0 fully saturated rings. The molecule has 1 amide bonds. The molecule has 1 aliphatic rings. The van der Waals surface area contributed by atoms with E-state index < -0.39 is 30.1 Å². The van der Waals surface area contributed by atoms with Crippen LogP contribution in [0, 0.1) is 5.92 Å². The normalized spacial score (nSPS) is 15.0. The second kappa shape index (κ2) is 21.6. The number of allylic oxidation sites excluding steroid dienone is 12. The minimum Gasteiger partial charge on any atom is -0.505 e. The van der Waals surface area contributed by atoms with Gasteiger partial charge in [0.05, 0.1) is 17.8 Å². The number of carboxylic acid groups (broad SMARTS) is 1. The zero-order valence-corrected chi connectivity index (χ0v) is 26.0. The van der Waals surface area contributed by atoms with Gasteiger partial charge in [-0.1, -0.05) is 61.6 Å². The third-order valence-corrected chi connectivity index (χ3v) is 6.21. The zero-order chi connectivity index (χ0) is 33.7. The molecule has 1 aromatic rings. The fourth-order valence-corrected chi connectivity index (χ4v) is 3.41. The molecule has 9 heteroatoms. The summed E-state index contributed by atoms with van der Waals surface area (Å²) in [6.07, 6.45) is 13.6. The molecule has 1 unspecified atom stereocenters. The monoisotopic (exact) mass is 607 g/mol. The standard InChI is InChI=1S/C24H25F2N3O4.C9H14.C2H4/c1-15(10-19(25)12-20(26)13-27-14-30)16(2)28-29-22-9-4-3-8-21(23(22)31)17-6-5-7-18(11-17)24(32)33;1-5-7-9(4)8(3)6-2;1-2/h3-7,9-12,14-15,29,31H,8,13H2,1-2H3,(H,27,30)(H,32,33);5-7H,1H2,2-4H3;1-2H2/b19-10+,20-12+,28-16+;8-6-,9-7-;. The van der Waals surface area contributed by atoms with Gasteiger partial charge in [-0.15, -0.1) is 13.2 Å². The smallest absolute Gasteiger partial charge is 0.335 e. The Bertz CT molecular complexity index is 1400. The molecule has 2 rings (SSSR count). The minimum absolute atomic E-state index is 0.0962. The Morgan fingerprint density at radius 1 is 1.18 bits per heavy atom. The number of amides is 1. The number of benzene rings is 1. The van der Waals surface area contributed by atoms with Crippen LogP contribution in [0.1, 0.15) is 57.0 Å². The van der Waals surface area contributed by atoms with E-state index in [1.807, 2.05) is 25.2 Å². The molecule has 1 aliphatic carbocycles. The summed E-state index contributed by atoms with van der Waals surface area (Å²) in [6, 6.07) is 6.25. The fourth-order valence-electron chi connectivity index (χ4n) is 3.41. The van der Waals surface area contributed by atoms with Crippen molar-refractivity contribution in [1.29, 1.82) is 0 Å². The molecule has 44 heavy (non-hydrogen) atoms. The highest BCUT2D eigenvalue weighted by Gasteiger charge is 2.16. The molecule has 0 aromatic heterocycles. The van der Waals surface area contributed by atoms with Gasteiger partial charge in [-0.2, -0.15) is 5.10 Å².